The van der Waals surface area contributed by atoms with Crippen molar-refractivity contribution in [3.8, 4) is 5.75 Å². The van der Waals surface area contributed by atoms with Crippen LogP contribution in [-0.4, -0.2) is 47.8 Å². The number of hydrogen-bond donors (Lipinski definition) is 3. The van der Waals surface area contributed by atoms with Crippen molar-refractivity contribution < 1.29 is 24.3 Å². The van der Waals surface area contributed by atoms with E-state index in [4.69, 9.17) is 9.47 Å². The Morgan fingerprint density at radius 2 is 2.17 bits per heavy atom. The van der Waals surface area contributed by atoms with Crippen LogP contribution >= 0.6 is 0 Å². The van der Waals surface area contributed by atoms with Crippen LogP contribution in [0.1, 0.15) is 37.2 Å². The molecule has 0 saturated carbocycles. The van der Waals surface area contributed by atoms with Crippen molar-refractivity contribution in [1.29, 1.82) is 0 Å². The molecule has 3 aliphatic rings. The Labute approximate surface area is 141 Å². The number of benzene rings is 1. The van der Waals surface area contributed by atoms with Crippen LogP contribution in [0.25, 0.3) is 0 Å². The molecule has 24 heavy (non-hydrogen) atoms. The lowest BCUT2D eigenvalue weighted by Crippen LogP contribution is -2.50. The SMILES string of the molecule is O=C(N[C@@H](C[C@H]1COc2ccccc21)B(O)O)[C@@H]1C[C@H]2CC[C@@H]1O2. The topological polar surface area (TPSA) is 88.0 Å². The Morgan fingerprint density at radius 3 is 2.88 bits per heavy atom. The van der Waals surface area contributed by atoms with E-state index in [9.17, 15) is 14.8 Å². The average molecular weight is 331 g/mol. The van der Waals surface area contributed by atoms with Crippen molar-refractivity contribution in [3.63, 3.8) is 0 Å². The molecule has 1 amide bonds. The van der Waals surface area contributed by atoms with Crippen LogP contribution in [0.5, 0.6) is 5.75 Å². The molecule has 2 saturated heterocycles. The summed E-state index contributed by atoms with van der Waals surface area (Å²) < 4.78 is 11.4. The first-order valence-corrected chi connectivity index (χ1v) is 8.65. The van der Waals surface area contributed by atoms with E-state index in [-0.39, 0.29) is 30.0 Å². The van der Waals surface area contributed by atoms with Crippen molar-refractivity contribution in [2.45, 2.75) is 49.8 Å². The highest BCUT2D eigenvalue weighted by molar-refractivity contribution is 6.43. The standard InChI is InChI=1S/C17H22BNO5/c20-17(13-8-11-5-6-15(13)24-11)19-16(18(21)22)7-10-9-23-14-4-2-1-3-12(10)14/h1-4,10-11,13,15-16,21-22H,5-9H2,(H,19,20)/t10-,11+,13+,15-,16-/m0/s1. The summed E-state index contributed by atoms with van der Waals surface area (Å²) in [6, 6.07) is 7.75. The summed E-state index contributed by atoms with van der Waals surface area (Å²) in [4.78, 5) is 12.5. The molecular formula is C17H22BNO5. The third kappa shape index (κ3) is 2.92. The maximum absolute atomic E-state index is 12.5. The summed E-state index contributed by atoms with van der Waals surface area (Å²) >= 11 is 0. The van der Waals surface area contributed by atoms with Gasteiger partial charge in [0.15, 0.2) is 0 Å². The molecule has 128 valence electrons. The summed E-state index contributed by atoms with van der Waals surface area (Å²) in [6.07, 6.45) is 3.29. The molecule has 1 aromatic carbocycles. The second-order valence-electron chi connectivity index (χ2n) is 7.03. The van der Waals surface area contributed by atoms with E-state index in [1.165, 1.54) is 0 Å². The van der Waals surface area contributed by atoms with Crippen molar-refractivity contribution in [3.05, 3.63) is 29.8 Å². The Kier molecular flexibility index (Phi) is 4.24. The highest BCUT2D eigenvalue weighted by atomic mass is 16.5. The number of fused-ring (bicyclic) bond motifs is 3. The minimum atomic E-state index is -1.60. The number of para-hydroxylation sites is 1. The number of carbonyl (C=O) groups excluding carboxylic acids is 1. The molecule has 2 bridgehead atoms. The fourth-order valence-corrected chi connectivity index (χ4v) is 4.19. The fourth-order valence-electron chi connectivity index (χ4n) is 4.19. The molecule has 3 aliphatic heterocycles. The quantitative estimate of drug-likeness (QED) is 0.689. The van der Waals surface area contributed by atoms with E-state index >= 15 is 0 Å². The van der Waals surface area contributed by atoms with E-state index in [0.717, 1.165) is 30.6 Å². The molecule has 4 rings (SSSR count). The van der Waals surface area contributed by atoms with Crippen LogP contribution in [0.2, 0.25) is 0 Å². The molecule has 0 unspecified atom stereocenters. The molecule has 3 heterocycles. The zero-order chi connectivity index (χ0) is 16.7. The molecule has 1 aromatic rings. The number of ether oxygens (including phenoxy) is 2. The molecular weight excluding hydrogens is 309 g/mol. The third-order valence-corrected chi connectivity index (χ3v) is 5.47. The second kappa shape index (κ2) is 6.39. The van der Waals surface area contributed by atoms with Crippen molar-refractivity contribution in [2.24, 2.45) is 5.92 Å². The highest BCUT2D eigenvalue weighted by Crippen LogP contribution is 2.39. The summed E-state index contributed by atoms with van der Waals surface area (Å²) in [6.45, 7) is 0.496. The molecule has 0 aliphatic carbocycles. The average Bonchev–Trinajstić information content (AvgIpc) is 3.29. The zero-order valence-corrected chi connectivity index (χ0v) is 13.4. The Balaban J connectivity index is 1.41. The fraction of sp³-hybridized carbons (Fsp3) is 0.588. The number of rotatable bonds is 5. The van der Waals surface area contributed by atoms with Gasteiger partial charge >= 0.3 is 7.12 Å². The van der Waals surface area contributed by atoms with E-state index in [1.807, 2.05) is 24.3 Å². The predicted molar refractivity (Wildman–Crippen MR) is 87.4 cm³/mol. The molecule has 5 atom stereocenters. The number of amides is 1. The minimum Gasteiger partial charge on any atom is -0.493 e. The van der Waals surface area contributed by atoms with E-state index < -0.39 is 13.1 Å². The van der Waals surface area contributed by atoms with Crippen LogP contribution < -0.4 is 10.1 Å². The van der Waals surface area contributed by atoms with Crippen LogP contribution in [0, 0.1) is 5.92 Å². The highest BCUT2D eigenvalue weighted by Gasteiger charge is 2.45. The maximum atomic E-state index is 12.5. The van der Waals surface area contributed by atoms with Gasteiger partial charge < -0.3 is 24.8 Å². The number of nitrogens with one attached hydrogen (secondary N) is 1. The summed E-state index contributed by atoms with van der Waals surface area (Å²) in [7, 11) is -1.60. The van der Waals surface area contributed by atoms with Crippen LogP contribution in [-0.2, 0) is 9.53 Å². The molecule has 7 heteroatoms. The second-order valence-corrected chi connectivity index (χ2v) is 7.03. The molecule has 6 nitrogen and oxygen atoms in total. The van der Waals surface area contributed by atoms with Crippen LogP contribution in [0.3, 0.4) is 0 Å². The molecule has 0 aromatic heterocycles. The summed E-state index contributed by atoms with van der Waals surface area (Å²) in [5.74, 6) is -0.132. The summed E-state index contributed by atoms with van der Waals surface area (Å²) in [5, 5.41) is 22.3. The number of carbonyl (C=O) groups is 1. The van der Waals surface area contributed by atoms with Gasteiger partial charge in [0.25, 0.3) is 0 Å². The van der Waals surface area contributed by atoms with Gasteiger partial charge in [0.2, 0.25) is 5.91 Å². The normalized spacial score (nSPS) is 31.4. The zero-order valence-electron chi connectivity index (χ0n) is 13.4. The van der Waals surface area contributed by atoms with Gasteiger partial charge in [-0.2, -0.15) is 0 Å². The Morgan fingerprint density at radius 1 is 1.33 bits per heavy atom. The Bertz CT molecular complexity index is 625. The van der Waals surface area contributed by atoms with Crippen LogP contribution in [0.15, 0.2) is 24.3 Å². The van der Waals surface area contributed by atoms with Crippen molar-refractivity contribution >= 4 is 13.0 Å². The molecule has 3 N–H and O–H groups in total. The van der Waals surface area contributed by atoms with E-state index in [2.05, 4.69) is 5.32 Å². The Hall–Kier alpha value is -1.57. The van der Waals surface area contributed by atoms with Crippen molar-refractivity contribution in [1.82, 2.24) is 5.32 Å². The molecule has 0 spiro atoms. The van der Waals surface area contributed by atoms with Gasteiger partial charge in [-0.1, -0.05) is 18.2 Å². The smallest absolute Gasteiger partial charge is 0.475 e. The monoisotopic (exact) mass is 331 g/mol. The lowest BCUT2D eigenvalue weighted by Gasteiger charge is -2.24. The van der Waals surface area contributed by atoms with E-state index in [0.29, 0.717) is 13.0 Å². The third-order valence-electron chi connectivity index (χ3n) is 5.47. The van der Waals surface area contributed by atoms with Gasteiger partial charge in [-0.15, -0.1) is 0 Å². The first-order valence-electron chi connectivity index (χ1n) is 8.65. The lowest BCUT2D eigenvalue weighted by atomic mass is 9.73. The van der Waals surface area contributed by atoms with E-state index in [1.54, 1.807) is 0 Å². The lowest BCUT2D eigenvalue weighted by molar-refractivity contribution is -0.127. The maximum Gasteiger partial charge on any atom is 0.475 e. The molecule has 2 fully saturated rings. The van der Waals surface area contributed by atoms with Gasteiger partial charge in [0, 0.05) is 11.5 Å². The minimum absolute atomic E-state index is 0.0120. The first kappa shape index (κ1) is 15.9. The predicted octanol–water partition coefficient (Wildman–Crippen LogP) is 0.617. The molecule has 0 radical (unpaired) electrons. The van der Waals surface area contributed by atoms with Crippen LogP contribution in [0.4, 0.5) is 0 Å². The van der Waals surface area contributed by atoms with Crippen molar-refractivity contribution in [2.75, 3.05) is 6.61 Å². The summed E-state index contributed by atoms with van der Waals surface area (Å²) in [5.41, 5.74) is 1.06. The number of hydrogen-bond acceptors (Lipinski definition) is 5. The largest absolute Gasteiger partial charge is 0.493 e. The van der Waals surface area contributed by atoms with Gasteiger partial charge in [0.1, 0.15) is 5.75 Å². The first-order chi connectivity index (χ1) is 11.6. The van der Waals surface area contributed by atoms with Gasteiger partial charge in [-0.3, -0.25) is 4.79 Å². The van der Waals surface area contributed by atoms with Gasteiger partial charge in [-0.25, -0.2) is 0 Å². The van der Waals surface area contributed by atoms with Gasteiger partial charge in [-0.05, 0) is 31.7 Å². The van der Waals surface area contributed by atoms with Gasteiger partial charge in [0.05, 0.1) is 30.7 Å².